The standard InChI is InChI=1S/C20H22N2O6/c1-14(2)18(21-20(24)28-13-15-6-4-3-5-7-15)19(23)27-12-16-8-10-17(11-9-16)22(25)26/h3-11,14,18H,12-13H2,1-2H3,(H,21,24)/t18-/m1/s1. The highest BCUT2D eigenvalue weighted by atomic mass is 16.6. The normalized spacial score (nSPS) is 11.5. The number of alkyl carbamates (subject to hydrolysis) is 1. The van der Waals surface area contributed by atoms with E-state index in [1.807, 2.05) is 30.3 Å². The number of esters is 1. The molecule has 2 aromatic rings. The zero-order valence-corrected chi connectivity index (χ0v) is 15.7. The average molecular weight is 386 g/mol. The summed E-state index contributed by atoms with van der Waals surface area (Å²) in [6.07, 6.45) is -0.713. The number of carbonyl (C=O) groups excluding carboxylic acids is 2. The second-order valence-corrected chi connectivity index (χ2v) is 6.46. The molecule has 8 nitrogen and oxygen atoms in total. The number of non-ortho nitro benzene ring substituents is 1. The Morgan fingerprint density at radius 3 is 2.11 bits per heavy atom. The van der Waals surface area contributed by atoms with E-state index in [0.717, 1.165) is 5.56 Å². The van der Waals surface area contributed by atoms with E-state index in [1.54, 1.807) is 13.8 Å². The van der Waals surface area contributed by atoms with Crippen LogP contribution >= 0.6 is 0 Å². The molecule has 8 heteroatoms. The maximum Gasteiger partial charge on any atom is 0.408 e. The van der Waals surface area contributed by atoms with Crippen molar-refractivity contribution in [3.8, 4) is 0 Å². The van der Waals surface area contributed by atoms with Gasteiger partial charge in [-0.25, -0.2) is 9.59 Å². The first-order valence-corrected chi connectivity index (χ1v) is 8.74. The van der Waals surface area contributed by atoms with Crippen LogP contribution in [0.4, 0.5) is 10.5 Å². The first-order chi connectivity index (χ1) is 13.4. The lowest BCUT2D eigenvalue weighted by Gasteiger charge is -2.20. The van der Waals surface area contributed by atoms with E-state index in [4.69, 9.17) is 9.47 Å². The van der Waals surface area contributed by atoms with Crippen molar-refractivity contribution in [2.24, 2.45) is 5.92 Å². The number of nitro benzene ring substituents is 1. The van der Waals surface area contributed by atoms with Gasteiger partial charge in [0.1, 0.15) is 19.3 Å². The van der Waals surface area contributed by atoms with Crippen molar-refractivity contribution in [2.45, 2.75) is 33.1 Å². The van der Waals surface area contributed by atoms with Crippen molar-refractivity contribution in [3.05, 3.63) is 75.8 Å². The Bertz CT molecular complexity index is 805. The fourth-order valence-electron chi connectivity index (χ4n) is 2.35. The van der Waals surface area contributed by atoms with E-state index in [2.05, 4.69) is 5.32 Å². The molecule has 1 N–H and O–H groups in total. The predicted molar refractivity (Wildman–Crippen MR) is 101 cm³/mol. The molecule has 2 rings (SSSR count). The van der Waals surface area contributed by atoms with E-state index in [-0.39, 0.29) is 24.8 Å². The molecule has 0 fully saturated rings. The third-order valence-electron chi connectivity index (χ3n) is 3.93. The van der Waals surface area contributed by atoms with Crippen molar-refractivity contribution >= 4 is 17.7 Å². The maximum atomic E-state index is 12.3. The van der Waals surface area contributed by atoms with Crippen LogP contribution in [0.5, 0.6) is 0 Å². The molecular formula is C20H22N2O6. The van der Waals surface area contributed by atoms with Gasteiger partial charge in [-0.2, -0.15) is 0 Å². The molecule has 148 valence electrons. The van der Waals surface area contributed by atoms with Crippen LogP contribution in [0.3, 0.4) is 0 Å². The van der Waals surface area contributed by atoms with Crippen LogP contribution in [0.25, 0.3) is 0 Å². The van der Waals surface area contributed by atoms with Gasteiger partial charge in [-0.3, -0.25) is 10.1 Å². The minimum Gasteiger partial charge on any atom is -0.459 e. The molecule has 0 aliphatic carbocycles. The molecule has 0 saturated heterocycles. The molecule has 0 aliphatic rings. The summed E-state index contributed by atoms with van der Waals surface area (Å²) in [4.78, 5) is 34.5. The van der Waals surface area contributed by atoms with E-state index < -0.39 is 23.0 Å². The fourth-order valence-corrected chi connectivity index (χ4v) is 2.35. The van der Waals surface area contributed by atoms with E-state index in [1.165, 1.54) is 24.3 Å². The molecule has 0 aromatic heterocycles. The lowest BCUT2D eigenvalue weighted by atomic mass is 10.1. The highest BCUT2D eigenvalue weighted by molar-refractivity contribution is 5.81. The van der Waals surface area contributed by atoms with E-state index >= 15 is 0 Å². The van der Waals surface area contributed by atoms with E-state index in [9.17, 15) is 19.7 Å². The number of carbonyl (C=O) groups is 2. The molecule has 0 unspecified atom stereocenters. The number of nitrogens with zero attached hydrogens (tertiary/aromatic N) is 1. The molecule has 28 heavy (non-hydrogen) atoms. The molecule has 2 aromatic carbocycles. The van der Waals surface area contributed by atoms with Crippen LogP contribution < -0.4 is 5.32 Å². The number of benzene rings is 2. The highest BCUT2D eigenvalue weighted by Crippen LogP contribution is 2.13. The molecule has 1 amide bonds. The molecule has 0 spiro atoms. The molecule has 0 heterocycles. The van der Waals surface area contributed by atoms with Crippen molar-refractivity contribution in [3.63, 3.8) is 0 Å². The van der Waals surface area contributed by atoms with Crippen molar-refractivity contribution < 1.29 is 24.0 Å². The minimum atomic E-state index is -0.874. The van der Waals surface area contributed by atoms with Crippen LogP contribution in [-0.2, 0) is 27.5 Å². The minimum absolute atomic E-state index is 0.0436. The number of nitrogens with one attached hydrogen (secondary N) is 1. The number of hydrogen-bond donors (Lipinski definition) is 1. The lowest BCUT2D eigenvalue weighted by molar-refractivity contribution is -0.384. The van der Waals surface area contributed by atoms with Crippen LogP contribution in [0, 0.1) is 16.0 Å². The largest absolute Gasteiger partial charge is 0.459 e. The zero-order valence-electron chi connectivity index (χ0n) is 15.7. The third kappa shape index (κ3) is 6.39. The first-order valence-electron chi connectivity index (χ1n) is 8.74. The molecule has 0 bridgehead atoms. The highest BCUT2D eigenvalue weighted by Gasteiger charge is 2.26. The summed E-state index contributed by atoms with van der Waals surface area (Å²) >= 11 is 0. The Hall–Kier alpha value is -3.42. The summed E-state index contributed by atoms with van der Waals surface area (Å²) in [6, 6.07) is 14.0. The van der Waals surface area contributed by atoms with Crippen molar-refractivity contribution in [1.29, 1.82) is 0 Å². The van der Waals surface area contributed by atoms with Gasteiger partial charge in [-0.05, 0) is 29.2 Å². The second kappa shape index (κ2) is 10.1. The van der Waals surface area contributed by atoms with Gasteiger partial charge in [0, 0.05) is 12.1 Å². The SMILES string of the molecule is CC(C)[C@@H](NC(=O)OCc1ccccc1)C(=O)OCc1ccc([N+](=O)[O-])cc1. The number of rotatable bonds is 8. The van der Waals surface area contributed by atoms with Crippen molar-refractivity contribution in [1.82, 2.24) is 5.32 Å². The van der Waals surface area contributed by atoms with Gasteiger partial charge >= 0.3 is 12.1 Å². The lowest BCUT2D eigenvalue weighted by Crippen LogP contribution is -2.45. The smallest absolute Gasteiger partial charge is 0.408 e. The molecule has 1 atom stereocenters. The van der Waals surface area contributed by atoms with Gasteiger partial charge in [0.05, 0.1) is 4.92 Å². The van der Waals surface area contributed by atoms with Crippen molar-refractivity contribution in [2.75, 3.05) is 0 Å². The summed E-state index contributed by atoms with van der Waals surface area (Å²) in [5.41, 5.74) is 1.39. The van der Waals surface area contributed by atoms with Gasteiger partial charge in [-0.1, -0.05) is 44.2 Å². The van der Waals surface area contributed by atoms with E-state index in [0.29, 0.717) is 5.56 Å². The Balaban J connectivity index is 1.86. The quantitative estimate of drug-likeness (QED) is 0.422. The topological polar surface area (TPSA) is 108 Å². The van der Waals surface area contributed by atoms with Gasteiger partial charge in [-0.15, -0.1) is 0 Å². The number of ether oxygens (including phenoxy) is 2. The molecule has 0 aliphatic heterocycles. The molecule has 0 radical (unpaired) electrons. The van der Waals surface area contributed by atoms with Gasteiger partial charge in [0.15, 0.2) is 0 Å². The fraction of sp³-hybridized carbons (Fsp3) is 0.300. The van der Waals surface area contributed by atoms with Gasteiger partial charge < -0.3 is 14.8 Å². The van der Waals surface area contributed by atoms with Gasteiger partial charge in [0.2, 0.25) is 0 Å². The third-order valence-corrected chi connectivity index (χ3v) is 3.93. The number of nitro groups is 1. The summed E-state index contributed by atoms with van der Waals surface area (Å²) < 4.78 is 10.4. The van der Waals surface area contributed by atoms with Crippen LogP contribution in [0.1, 0.15) is 25.0 Å². The molecule has 0 saturated carbocycles. The van der Waals surface area contributed by atoms with Crippen LogP contribution in [-0.4, -0.2) is 23.0 Å². The maximum absolute atomic E-state index is 12.3. The predicted octanol–water partition coefficient (Wildman–Crippen LogP) is 3.59. The summed E-state index contributed by atoms with van der Waals surface area (Å²) in [7, 11) is 0. The second-order valence-electron chi connectivity index (χ2n) is 6.46. The first kappa shape index (κ1) is 20.9. The summed E-state index contributed by atoms with van der Waals surface area (Å²) in [6.45, 7) is 3.58. The Labute approximate surface area is 162 Å². The van der Waals surface area contributed by atoms with Crippen LogP contribution in [0.2, 0.25) is 0 Å². The van der Waals surface area contributed by atoms with Crippen LogP contribution in [0.15, 0.2) is 54.6 Å². The zero-order chi connectivity index (χ0) is 20.5. The molecular weight excluding hydrogens is 364 g/mol. The average Bonchev–Trinajstić information content (AvgIpc) is 2.69. The number of hydrogen-bond acceptors (Lipinski definition) is 6. The summed E-state index contributed by atoms with van der Waals surface area (Å²) in [5, 5.41) is 13.2. The Kier molecular flexibility index (Phi) is 7.50. The summed E-state index contributed by atoms with van der Waals surface area (Å²) in [5.74, 6) is -0.821. The Morgan fingerprint density at radius 1 is 0.964 bits per heavy atom. The number of amides is 1. The monoisotopic (exact) mass is 386 g/mol. The van der Waals surface area contributed by atoms with Gasteiger partial charge in [0.25, 0.3) is 5.69 Å². The Morgan fingerprint density at radius 2 is 1.54 bits per heavy atom.